The molecule has 0 rings (SSSR count). The Morgan fingerprint density at radius 3 is 1.33 bits per heavy atom. The molecule has 0 aromatic rings. The lowest BCUT2D eigenvalue weighted by Gasteiger charge is -1.65. The quantitative estimate of drug-likeness (QED) is 0.329. The summed E-state index contributed by atoms with van der Waals surface area (Å²) >= 11 is 0. The largest absolute Gasteiger partial charge is 0.193 e. The minimum atomic E-state index is 1.17. The van der Waals surface area contributed by atoms with Crippen molar-refractivity contribution in [1.29, 1.82) is 5.26 Å². The fraction of sp³-hybridized carbons (Fsp3) is 0.182. The van der Waals surface area contributed by atoms with Gasteiger partial charge in [0, 0.05) is 6.08 Å². The Labute approximate surface area is 76.0 Å². The highest BCUT2D eigenvalue weighted by Gasteiger charge is 1.51. The van der Waals surface area contributed by atoms with Gasteiger partial charge in [0.15, 0.2) is 0 Å². The zero-order chi connectivity index (χ0) is 10.4. The summed E-state index contributed by atoms with van der Waals surface area (Å²) in [7, 11) is 0. The van der Waals surface area contributed by atoms with E-state index < -0.39 is 0 Å². The van der Waals surface area contributed by atoms with Gasteiger partial charge in [0.2, 0.25) is 0 Å². The van der Waals surface area contributed by atoms with Crippen LogP contribution in [0.3, 0.4) is 0 Å². The van der Waals surface area contributed by atoms with E-state index in [-0.39, 0.29) is 0 Å². The average molecular weight is 163 g/mol. The molecule has 0 heterocycles. The molecular formula is C11H17N. The summed E-state index contributed by atoms with van der Waals surface area (Å²) in [6.07, 6.45) is 4.46. The average Bonchev–Trinajstić information content (AvgIpc) is 2.03. The summed E-state index contributed by atoms with van der Waals surface area (Å²) in [5.74, 6) is 0. The van der Waals surface area contributed by atoms with E-state index in [1.807, 2.05) is 13.8 Å². The molecule has 0 spiro atoms. The maximum Gasteiger partial charge on any atom is 0.0905 e. The highest BCUT2D eigenvalue weighted by molar-refractivity contribution is 4.93. The molecule has 0 aromatic carbocycles. The number of allylic oxidation sites excluding steroid dienone is 4. The lowest BCUT2D eigenvalue weighted by molar-refractivity contribution is 1.42. The number of nitriles is 1. The Hall–Kier alpha value is -1.55. The third kappa shape index (κ3) is 2320. The van der Waals surface area contributed by atoms with E-state index in [1.165, 1.54) is 11.6 Å². The van der Waals surface area contributed by atoms with Crippen LogP contribution in [0.1, 0.15) is 13.8 Å². The molecule has 0 N–H and O–H groups in total. The van der Waals surface area contributed by atoms with Crippen molar-refractivity contribution < 1.29 is 0 Å². The molecule has 0 saturated heterocycles. The van der Waals surface area contributed by atoms with Crippen LogP contribution in [0, 0.1) is 11.3 Å². The van der Waals surface area contributed by atoms with Gasteiger partial charge in [-0.05, 0) is 13.8 Å². The van der Waals surface area contributed by atoms with Crippen LogP contribution in [0.15, 0.2) is 50.1 Å². The van der Waals surface area contributed by atoms with Crippen LogP contribution in [0.4, 0.5) is 0 Å². The highest BCUT2D eigenvalue weighted by atomic mass is 14.2. The molecule has 12 heavy (non-hydrogen) atoms. The molecular weight excluding hydrogens is 146 g/mol. The second kappa shape index (κ2) is 22.7. The van der Waals surface area contributed by atoms with Gasteiger partial charge in [-0.2, -0.15) is 5.26 Å². The maximum atomic E-state index is 7.51. The number of nitrogens with zero attached hydrogens (tertiary/aromatic N) is 1. The Morgan fingerprint density at radius 1 is 1.17 bits per heavy atom. The van der Waals surface area contributed by atoms with Crippen LogP contribution in [0.5, 0.6) is 0 Å². The van der Waals surface area contributed by atoms with Crippen LogP contribution in [-0.4, -0.2) is 0 Å². The molecule has 0 radical (unpaired) electrons. The highest BCUT2D eigenvalue weighted by Crippen LogP contribution is 1.73. The number of hydrogen-bond acceptors (Lipinski definition) is 1. The first kappa shape index (κ1) is 16.8. The van der Waals surface area contributed by atoms with Crippen molar-refractivity contribution in [2.24, 2.45) is 0 Å². The molecule has 0 unspecified atom stereocenters. The Balaban J connectivity index is -0.000000101. The first-order valence-corrected chi connectivity index (χ1v) is 3.42. The topological polar surface area (TPSA) is 23.8 Å². The Kier molecular flexibility index (Phi) is 31.8. The molecule has 0 bridgehead atoms. The third-order valence-corrected chi connectivity index (χ3v) is 0.258. The van der Waals surface area contributed by atoms with Crippen LogP contribution in [-0.2, 0) is 0 Å². The summed E-state index contributed by atoms with van der Waals surface area (Å²) in [4.78, 5) is 0. The van der Waals surface area contributed by atoms with Gasteiger partial charge in [0.25, 0.3) is 0 Å². The zero-order valence-corrected chi connectivity index (χ0v) is 8.01. The summed E-state index contributed by atoms with van der Waals surface area (Å²) in [5, 5.41) is 7.51. The van der Waals surface area contributed by atoms with Crippen molar-refractivity contribution in [1.82, 2.24) is 0 Å². The molecule has 0 aliphatic carbocycles. The van der Waals surface area contributed by atoms with Crippen molar-refractivity contribution in [3.05, 3.63) is 50.1 Å². The monoisotopic (exact) mass is 163 g/mol. The first-order valence-electron chi connectivity index (χ1n) is 3.42. The fourth-order valence-corrected chi connectivity index (χ4v) is 0. The van der Waals surface area contributed by atoms with Crippen molar-refractivity contribution in [3.8, 4) is 6.07 Å². The van der Waals surface area contributed by atoms with E-state index in [1.54, 1.807) is 18.2 Å². The van der Waals surface area contributed by atoms with E-state index >= 15 is 0 Å². The van der Waals surface area contributed by atoms with E-state index in [2.05, 4.69) is 26.3 Å². The van der Waals surface area contributed by atoms with Crippen molar-refractivity contribution in [2.45, 2.75) is 13.8 Å². The standard InChI is InChI=1S/C4H8.C4H6.C3H3N/c1-4(2)3;1-3-4-2;1-2-3-4/h1H2,2-3H3;3-4H,1-2H2;2H,1H2. The summed E-state index contributed by atoms with van der Waals surface area (Å²) in [6, 6.07) is 1.69. The normalized spacial score (nSPS) is 5.08. The minimum absolute atomic E-state index is 1.17. The first-order chi connectivity index (χ1) is 5.56. The maximum absolute atomic E-state index is 7.51. The van der Waals surface area contributed by atoms with E-state index in [9.17, 15) is 0 Å². The minimum Gasteiger partial charge on any atom is -0.193 e. The van der Waals surface area contributed by atoms with Gasteiger partial charge in [-0.15, -0.1) is 6.58 Å². The number of hydrogen-bond donors (Lipinski definition) is 0. The smallest absolute Gasteiger partial charge is 0.0905 e. The Morgan fingerprint density at radius 2 is 1.33 bits per heavy atom. The molecule has 0 fully saturated rings. The second-order valence-electron chi connectivity index (χ2n) is 2.01. The molecule has 0 aromatic heterocycles. The van der Waals surface area contributed by atoms with Crippen molar-refractivity contribution in [3.63, 3.8) is 0 Å². The molecule has 0 atom stereocenters. The van der Waals surface area contributed by atoms with E-state index in [0.29, 0.717) is 0 Å². The van der Waals surface area contributed by atoms with E-state index in [4.69, 9.17) is 5.26 Å². The van der Waals surface area contributed by atoms with Gasteiger partial charge in [0.05, 0.1) is 6.07 Å². The van der Waals surface area contributed by atoms with Crippen LogP contribution < -0.4 is 0 Å². The zero-order valence-electron chi connectivity index (χ0n) is 8.01. The van der Waals surface area contributed by atoms with Crippen LogP contribution >= 0.6 is 0 Å². The molecule has 0 amide bonds. The van der Waals surface area contributed by atoms with Gasteiger partial charge >= 0.3 is 0 Å². The lowest BCUT2D eigenvalue weighted by Crippen LogP contribution is -1.43. The molecule has 1 nitrogen and oxygen atoms in total. The van der Waals surface area contributed by atoms with Gasteiger partial charge in [-0.1, -0.05) is 37.5 Å². The van der Waals surface area contributed by atoms with Gasteiger partial charge in [0.1, 0.15) is 0 Å². The third-order valence-electron chi connectivity index (χ3n) is 0.258. The predicted molar refractivity (Wildman–Crippen MR) is 56.7 cm³/mol. The lowest BCUT2D eigenvalue weighted by atomic mass is 10.4. The van der Waals surface area contributed by atoms with Crippen LogP contribution in [0.25, 0.3) is 0 Å². The molecule has 1 heteroatoms. The summed E-state index contributed by atoms with van der Waals surface area (Å²) < 4.78 is 0. The SMILES string of the molecule is C=C(C)C.C=CC#N.C=CC=C. The predicted octanol–water partition coefficient (Wildman–Crippen LogP) is 3.64. The van der Waals surface area contributed by atoms with Crippen molar-refractivity contribution >= 4 is 0 Å². The van der Waals surface area contributed by atoms with Gasteiger partial charge in [-0.3, -0.25) is 0 Å². The summed E-state index contributed by atoms with van der Waals surface area (Å²) in [6.45, 7) is 17.3. The van der Waals surface area contributed by atoms with Crippen LogP contribution in [0.2, 0.25) is 0 Å². The van der Waals surface area contributed by atoms with Gasteiger partial charge < -0.3 is 0 Å². The van der Waals surface area contributed by atoms with Crippen molar-refractivity contribution in [2.75, 3.05) is 0 Å². The van der Waals surface area contributed by atoms with E-state index in [0.717, 1.165) is 0 Å². The molecule has 0 aliphatic heterocycles. The molecule has 0 saturated carbocycles. The summed E-state index contributed by atoms with van der Waals surface area (Å²) in [5.41, 5.74) is 1.17. The number of rotatable bonds is 1. The Bertz CT molecular complexity index is 160. The molecule has 0 aliphatic rings. The fourth-order valence-electron chi connectivity index (χ4n) is 0. The van der Waals surface area contributed by atoms with Gasteiger partial charge in [-0.25, -0.2) is 0 Å². The second-order valence-corrected chi connectivity index (χ2v) is 2.01. The molecule has 66 valence electrons.